The highest BCUT2D eigenvalue weighted by molar-refractivity contribution is 5.89. The summed E-state index contributed by atoms with van der Waals surface area (Å²) in [6.45, 7) is 3.00. The van der Waals surface area contributed by atoms with Gasteiger partial charge in [0, 0.05) is 32.2 Å². The quantitative estimate of drug-likeness (QED) is 0.807. The van der Waals surface area contributed by atoms with E-state index in [1.54, 1.807) is 7.11 Å². The molecule has 2 rings (SSSR count). The highest BCUT2D eigenvalue weighted by Crippen LogP contribution is 2.29. The number of nitrogens with zero attached hydrogens (tertiary/aromatic N) is 1. The molecule has 1 heterocycles. The zero-order chi connectivity index (χ0) is 13.8. The van der Waals surface area contributed by atoms with E-state index in [2.05, 4.69) is 5.32 Å². The van der Waals surface area contributed by atoms with Crippen molar-refractivity contribution in [3.63, 3.8) is 0 Å². The molecule has 0 radical (unpaired) electrons. The molecule has 1 aliphatic carbocycles. The normalized spacial score (nSPS) is 25.9. The molecule has 1 saturated heterocycles. The van der Waals surface area contributed by atoms with Gasteiger partial charge in [-0.1, -0.05) is 12.8 Å². The highest BCUT2D eigenvalue weighted by Gasteiger charge is 2.38. The van der Waals surface area contributed by atoms with Crippen LogP contribution in [0.3, 0.4) is 0 Å². The zero-order valence-corrected chi connectivity index (χ0v) is 11.9. The van der Waals surface area contributed by atoms with Crippen LogP contribution in [-0.2, 0) is 14.3 Å². The SMILES string of the molecule is COC[C@H](C)NC(=O)[C@H]1CC(=O)N(C2CCCC2)C1. The van der Waals surface area contributed by atoms with Crippen LogP contribution in [-0.4, -0.2) is 49.1 Å². The summed E-state index contributed by atoms with van der Waals surface area (Å²) in [4.78, 5) is 26.0. The third kappa shape index (κ3) is 3.47. The Morgan fingerprint density at radius 2 is 2.16 bits per heavy atom. The number of likely N-dealkylation sites (tertiary alicyclic amines) is 1. The third-order valence-corrected chi connectivity index (χ3v) is 4.10. The number of rotatable bonds is 5. The topological polar surface area (TPSA) is 58.6 Å². The number of carbonyl (C=O) groups is 2. The van der Waals surface area contributed by atoms with Gasteiger partial charge in [-0.25, -0.2) is 0 Å². The smallest absolute Gasteiger partial charge is 0.225 e. The summed E-state index contributed by atoms with van der Waals surface area (Å²) in [5.74, 6) is -0.0581. The first-order valence-electron chi connectivity index (χ1n) is 7.20. The molecule has 1 N–H and O–H groups in total. The van der Waals surface area contributed by atoms with Gasteiger partial charge in [0.2, 0.25) is 11.8 Å². The largest absolute Gasteiger partial charge is 0.383 e. The van der Waals surface area contributed by atoms with Crippen LogP contribution in [0.5, 0.6) is 0 Å². The van der Waals surface area contributed by atoms with E-state index in [1.807, 2.05) is 11.8 Å². The van der Waals surface area contributed by atoms with E-state index in [4.69, 9.17) is 4.74 Å². The summed E-state index contributed by atoms with van der Waals surface area (Å²) in [6.07, 6.45) is 4.97. The van der Waals surface area contributed by atoms with E-state index in [-0.39, 0.29) is 23.8 Å². The van der Waals surface area contributed by atoms with Gasteiger partial charge in [-0.15, -0.1) is 0 Å². The Morgan fingerprint density at radius 3 is 2.79 bits per heavy atom. The Bertz CT molecular complexity index is 340. The fraction of sp³-hybridized carbons (Fsp3) is 0.857. The number of hydrogen-bond acceptors (Lipinski definition) is 3. The minimum absolute atomic E-state index is 0.00636. The molecule has 5 heteroatoms. The monoisotopic (exact) mass is 268 g/mol. The fourth-order valence-corrected chi connectivity index (χ4v) is 3.13. The van der Waals surface area contributed by atoms with Crippen molar-refractivity contribution in [3.05, 3.63) is 0 Å². The molecule has 0 bridgehead atoms. The number of carbonyl (C=O) groups excluding carboxylic acids is 2. The van der Waals surface area contributed by atoms with Crippen LogP contribution in [0.2, 0.25) is 0 Å². The van der Waals surface area contributed by atoms with Gasteiger partial charge in [0.1, 0.15) is 0 Å². The maximum absolute atomic E-state index is 12.1. The number of hydrogen-bond donors (Lipinski definition) is 1. The summed E-state index contributed by atoms with van der Waals surface area (Å²) in [5.41, 5.74) is 0. The van der Waals surface area contributed by atoms with Gasteiger partial charge in [0.05, 0.1) is 12.5 Å². The lowest BCUT2D eigenvalue weighted by atomic mass is 10.1. The Morgan fingerprint density at radius 1 is 1.47 bits per heavy atom. The standard InChI is InChI=1S/C14H24N2O3/c1-10(9-19-2)15-14(18)11-7-13(17)16(8-11)12-5-3-4-6-12/h10-12H,3-9H2,1-2H3,(H,15,18)/t10-,11-/m0/s1. The molecule has 5 nitrogen and oxygen atoms in total. The molecule has 1 saturated carbocycles. The number of amides is 2. The van der Waals surface area contributed by atoms with Gasteiger partial charge in [-0.3, -0.25) is 9.59 Å². The molecule has 2 aliphatic rings. The molecule has 0 aromatic heterocycles. The van der Waals surface area contributed by atoms with E-state index in [9.17, 15) is 9.59 Å². The molecule has 1 aliphatic heterocycles. The van der Waals surface area contributed by atoms with E-state index < -0.39 is 0 Å². The first kappa shape index (κ1) is 14.3. The van der Waals surface area contributed by atoms with Crippen molar-refractivity contribution in [2.45, 2.75) is 51.1 Å². The fourth-order valence-electron chi connectivity index (χ4n) is 3.13. The van der Waals surface area contributed by atoms with Crippen molar-refractivity contribution in [2.75, 3.05) is 20.3 Å². The second kappa shape index (κ2) is 6.37. The molecule has 0 aromatic carbocycles. The lowest BCUT2D eigenvalue weighted by Gasteiger charge is -2.24. The Hall–Kier alpha value is -1.10. The van der Waals surface area contributed by atoms with Crippen molar-refractivity contribution in [2.24, 2.45) is 5.92 Å². The lowest BCUT2D eigenvalue weighted by Crippen LogP contribution is -2.41. The maximum Gasteiger partial charge on any atom is 0.225 e. The molecule has 19 heavy (non-hydrogen) atoms. The number of methoxy groups -OCH3 is 1. The van der Waals surface area contributed by atoms with Gasteiger partial charge in [-0.2, -0.15) is 0 Å². The van der Waals surface area contributed by atoms with Crippen LogP contribution in [0.4, 0.5) is 0 Å². The number of ether oxygens (including phenoxy) is 1. The molecule has 108 valence electrons. The van der Waals surface area contributed by atoms with Gasteiger partial charge in [0.25, 0.3) is 0 Å². The average Bonchev–Trinajstić information content (AvgIpc) is 2.97. The second-order valence-electron chi connectivity index (χ2n) is 5.75. The van der Waals surface area contributed by atoms with Gasteiger partial charge < -0.3 is 15.0 Å². The summed E-state index contributed by atoms with van der Waals surface area (Å²) in [6, 6.07) is 0.370. The van der Waals surface area contributed by atoms with Crippen molar-refractivity contribution in [1.29, 1.82) is 0 Å². The van der Waals surface area contributed by atoms with Crippen LogP contribution in [0.25, 0.3) is 0 Å². The molecular weight excluding hydrogens is 244 g/mol. The molecule has 2 atom stereocenters. The minimum Gasteiger partial charge on any atom is -0.383 e. The average molecular weight is 268 g/mol. The molecule has 2 amide bonds. The van der Waals surface area contributed by atoms with Gasteiger partial charge in [-0.05, 0) is 19.8 Å². The van der Waals surface area contributed by atoms with Crippen LogP contribution >= 0.6 is 0 Å². The van der Waals surface area contributed by atoms with Crippen molar-refractivity contribution < 1.29 is 14.3 Å². The Kier molecular flexibility index (Phi) is 4.80. The van der Waals surface area contributed by atoms with E-state index >= 15 is 0 Å². The molecule has 0 unspecified atom stereocenters. The van der Waals surface area contributed by atoms with Crippen LogP contribution in [0.15, 0.2) is 0 Å². The first-order valence-corrected chi connectivity index (χ1v) is 7.20. The predicted molar refractivity (Wildman–Crippen MR) is 71.6 cm³/mol. The summed E-state index contributed by atoms with van der Waals surface area (Å²) < 4.78 is 5.00. The molecule has 0 aromatic rings. The van der Waals surface area contributed by atoms with Crippen molar-refractivity contribution in [3.8, 4) is 0 Å². The van der Waals surface area contributed by atoms with Crippen LogP contribution in [0, 0.1) is 5.92 Å². The van der Waals surface area contributed by atoms with E-state index in [1.165, 1.54) is 12.8 Å². The van der Waals surface area contributed by atoms with Gasteiger partial charge >= 0.3 is 0 Å². The summed E-state index contributed by atoms with van der Waals surface area (Å²) in [5, 5.41) is 2.91. The van der Waals surface area contributed by atoms with Gasteiger partial charge in [0.15, 0.2) is 0 Å². The van der Waals surface area contributed by atoms with E-state index in [0.29, 0.717) is 25.6 Å². The third-order valence-electron chi connectivity index (χ3n) is 4.10. The first-order chi connectivity index (χ1) is 9.11. The summed E-state index contributed by atoms with van der Waals surface area (Å²) in [7, 11) is 1.61. The molecule has 0 spiro atoms. The van der Waals surface area contributed by atoms with Crippen LogP contribution < -0.4 is 5.32 Å². The van der Waals surface area contributed by atoms with Crippen molar-refractivity contribution >= 4 is 11.8 Å². The molecular formula is C14H24N2O3. The van der Waals surface area contributed by atoms with Crippen LogP contribution in [0.1, 0.15) is 39.0 Å². The zero-order valence-electron chi connectivity index (χ0n) is 11.9. The van der Waals surface area contributed by atoms with Crippen molar-refractivity contribution in [1.82, 2.24) is 10.2 Å². The Labute approximate surface area is 114 Å². The number of nitrogens with one attached hydrogen (secondary N) is 1. The minimum atomic E-state index is -0.188. The van der Waals surface area contributed by atoms with E-state index in [0.717, 1.165) is 12.8 Å². The summed E-state index contributed by atoms with van der Waals surface area (Å²) >= 11 is 0. The highest BCUT2D eigenvalue weighted by atomic mass is 16.5. The lowest BCUT2D eigenvalue weighted by molar-refractivity contribution is -0.130. The maximum atomic E-state index is 12.1. The molecule has 2 fully saturated rings. The predicted octanol–water partition coefficient (Wildman–Crippen LogP) is 0.929. The second-order valence-corrected chi connectivity index (χ2v) is 5.75. The Balaban J connectivity index is 1.85.